The number of hydrogen-bond acceptors (Lipinski definition) is 4. The predicted molar refractivity (Wildman–Crippen MR) is 104 cm³/mol. The monoisotopic (exact) mass is 370 g/mol. The maximum absolute atomic E-state index is 13.2. The number of aryl methyl sites for hydroxylation is 1. The molecule has 1 fully saturated rings. The third kappa shape index (κ3) is 3.93. The number of carbonyl (C=O) groups is 1. The molecule has 4 rings (SSSR count). The van der Waals surface area contributed by atoms with Crippen molar-refractivity contribution in [1.82, 2.24) is 30.2 Å². The van der Waals surface area contributed by atoms with E-state index in [2.05, 4.69) is 27.1 Å². The highest BCUT2D eigenvalue weighted by molar-refractivity contribution is 5.94. The van der Waals surface area contributed by atoms with Crippen LogP contribution in [-0.2, 0) is 25.9 Å². The van der Waals surface area contributed by atoms with E-state index in [0.717, 1.165) is 70.3 Å². The van der Waals surface area contributed by atoms with Gasteiger partial charge >= 0.3 is 0 Å². The number of aromatic nitrogens is 4. The van der Waals surface area contributed by atoms with Crippen LogP contribution < -0.4 is 5.32 Å². The van der Waals surface area contributed by atoms with Gasteiger partial charge in [-0.15, -0.1) is 0 Å². The highest BCUT2D eigenvalue weighted by Crippen LogP contribution is 2.27. The van der Waals surface area contributed by atoms with Gasteiger partial charge < -0.3 is 10.2 Å². The lowest BCUT2D eigenvalue weighted by molar-refractivity contribution is 0.0716. The molecule has 0 saturated carbocycles. The Morgan fingerprint density at radius 2 is 2.19 bits per heavy atom. The number of hydrogen-bond donors (Lipinski definition) is 2. The highest BCUT2D eigenvalue weighted by atomic mass is 16.2. The van der Waals surface area contributed by atoms with Gasteiger partial charge in [0.25, 0.3) is 5.91 Å². The van der Waals surface area contributed by atoms with Crippen LogP contribution in [0.15, 0.2) is 12.4 Å². The molecule has 1 amide bonds. The zero-order valence-electron chi connectivity index (χ0n) is 16.2. The topological polar surface area (TPSA) is 78.8 Å². The summed E-state index contributed by atoms with van der Waals surface area (Å²) in [7, 11) is 0. The Morgan fingerprint density at radius 1 is 1.33 bits per heavy atom. The molecular weight excluding hydrogens is 340 g/mol. The van der Waals surface area contributed by atoms with Crippen molar-refractivity contribution >= 4 is 5.91 Å². The van der Waals surface area contributed by atoms with Gasteiger partial charge in [-0.1, -0.05) is 6.92 Å². The lowest BCUT2D eigenvalue weighted by atomic mass is 9.90. The van der Waals surface area contributed by atoms with Crippen LogP contribution in [-0.4, -0.2) is 49.9 Å². The number of carbonyl (C=O) groups excluding carboxylic acids is 1. The van der Waals surface area contributed by atoms with Gasteiger partial charge in [-0.2, -0.15) is 10.2 Å². The van der Waals surface area contributed by atoms with Crippen LogP contribution in [0.1, 0.15) is 66.3 Å². The van der Waals surface area contributed by atoms with E-state index >= 15 is 0 Å². The first-order valence-electron chi connectivity index (χ1n) is 10.3. The van der Waals surface area contributed by atoms with Crippen LogP contribution in [0.5, 0.6) is 0 Å². The fraction of sp³-hybridized carbons (Fsp3) is 0.650. The molecule has 7 nitrogen and oxygen atoms in total. The van der Waals surface area contributed by atoms with Gasteiger partial charge in [-0.3, -0.25) is 14.6 Å². The van der Waals surface area contributed by atoms with E-state index in [4.69, 9.17) is 5.10 Å². The number of rotatable bonds is 6. The first-order valence-corrected chi connectivity index (χ1v) is 10.3. The lowest BCUT2D eigenvalue weighted by Gasteiger charge is -2.27. The predicted octanol–water partition coefficient (Wildman–Crippen LogP) is 2.29. The first kappa shape index (κ1) is 18.2. The summed E-state index contributed by atoms with van der Waals surface area (Å²) in [5, 5.41) is 15.3. The Labute approximate surface area is 160 Å². The van der Waals surface area contributed by atoms with E-state index in [-0.39, 0.29) is 5.91 Å². The summed E-state index contributed by atoms with van der Waals surface area (Å²) < 4.78 is 2.10. The second-order valence-electron chi connectivity index (χ2n) is 7.78. The molecule has 1 atom stereocenters. The molecule has 1 aliphatic carbocycles. The normalized spacial score (nSPS) is 19.9. The summed E-state index contributed by atoms with van der Waals surface area (Å²) in [5.41, 5.74) is 4.32. The van der Waals surface area contributed by atoms with Crippen molar-refractivity contribution in [3.63, 3.8) is 0 Å². The van der Waals surface area contributed by atoms with E-state index in [1.807, 2.05) is 17.3 Å². The Kier molecular flexibility index (Phi) is 5.57. The second kappa shape index (κ2) is 8.25. The molecule has 1 saturated heterocycles. The van der Waals surface area contributed by atoms with Gasteiger partial charge in [0.05, 0.1) is 6.20 Å². The third-order valence-corrected chi connectivity index (χ3v) is 5.78. The molecule has 2 aromatic rings. The average molecular weight is 371 g/mol. The number of fused-ring (bicyclic) bond motifs is 1. The number of nitrogens with one attached hydrogen (secondary N) is 2. The standard InChI is InChI=1S/C20H30N6O/c1-2-8-26-18-7-6-16(21-12-15-13-22-23-14-15)11-17(18)19(24-26)20(27)25-9-4-3-5-10-25/h13-14,16,21H,2-12H2,1H3,(H,22,23). The van der Waals surface area contributed by atoms with Crippen LogP contribution >= 0.6 is 0 Å². The fourth-order valence-electron chi connectivity index (χ4n) is 4.31. The fourth-order valence-corrected chi connectivity index (χ4v) is 4.31. The van der Waals surface area contributed by atoms with Crippen LogP contribution in [0.3, 0.4) is 0 Å². The maximum atomic E-state index is 13.2. The Morgan fingerprint density at radius 3 is 2.93 bits per heavy atom. The molecule has 2 N–H and O–H groups in total. The van der Waals surface area contributed by atoms with E-state index in [1.54, 1.807) is 0 Å². The van der Waals surface area contributed by atoms with Gasteiger partial charge in [0.15, 0.2) is 5.69 Å². The largest absolute Gasteiger partial charge is 0.337 e. The first-order chi connectivity index (χ1) is 13.3. The number of aromatic amines is 1. The number of nitrogens with zero attached hydrogens (tertiary/aromatic N) is 4. The minimum absolute atomic E-state index is 0.135. The number of likely N-dealkylation sites (tertiary alicyclic amines) is 1. The summed E-state index contributed by atoms with van der Waals surface area (Å²) in [6.45, 7) is 5.60. The van der Waals surface area contributed by atoms with Crippen LogP contribution in [0, 0.1) is 0 Å². The Balaban J connectivity index is 1.53. The van der Waals surface area contributed by atoms with Crippen LogP contribution in [0.2, 0.25) is 0 Å². The summed E-state index contributed by atoms with van der Waals surface area (Å²) in [6, 6.07) is 0.375. The highest BCUT2D eigenvalue weighted by Gasteiger charge is 2.31. The molecule has 0 aromatic carbocycles. The molecule has 0 spiro atoms. The molecular formula is C20H30N6O. The van der Waals surface area contributed by atoms with Crippen molar-refractivity contribution in [2.24, 2.45) is 0 Å². The Hall–Kier alpha value is -2.15. The van der Waals surface area contributed by atoms with E-state index in [1.165, 1.54) is 17.7 Å². The molecule has 1 aliphatic heterocycles. The van der Waals surface area contributed by atoms with E-state index < -0.39 is 0 Å². The van der Waals surface area contributed by atoms with Gasteiger partial charge in [0, 0.05) is 55.2 Å². The van der Waals surface area contributed by atoms with Gasteiger partial charge in [-0.05, 0) is 44.9 Å². The quantitative estimate of drug-likeness (QED) is 0.818. The third-order valence-electron chi connectivity index (χ3n) is 5.78. The SMILES string of the molecule is CCCn1nc(C(=O)N2CCCCC2)c2c1CCC(NCc1cn[nH]c1)C2. The van der Waals surface area contributed by atoms with E-state index in [0.29, 0.717) is 11.7 Å². The van der Waals surface area contributed by atoms with Crippen molar-refractivity contribution in [2.45, 2.75) is 71.0 Å². The van der Waals surface area contributed by atoms with Crippen molar-refractivity contribution in [3.05, 3.63) is 34.9 Å². The summed E-state index contributed by atoms with van der Waals surface area (Å²) in [4.78, 5) is 15.2. The van der Waals surface area contributed by atoms with Crippen molar-refractivity contribution in [1.29, 1.82) is 0 Å². The molecule has 2 aliphatic rings. The van der Waals surface area contributed by atoms with Gasteiger partial charge in [0.2, 0.25) is 0 Å². The molecule has 7 heteroatoms. The summed E-state index contributed by atoms with van der Waals surface area (Å²) in [6.07, 6.45) is 11.2. The molecule has 0 bridgehead atoms. The molecule has 1 unspecified atom stereocenters. The van der Waals surface area contributed by atoms with Crippen molar-refractivity contribution in [3.8, 4) is 0 Å². The zero-order valence-corrected chi connectivity index (χ0v) is 16.2. The maximum Gasteiger partial charge on any atom is 0.274 e. The summed E-state index contributed by atoms with van der Waals surface area (Å²) in [5.74, 6) is 0.135. The van der Waals surface area contributed by atoms with Crippen LogP contribution in [0.25, 0.3) is 0 Å². The molecule has 146 valence electrons. The molecule has 3 heterocycles. The number of amides is 1. The summed E-state index contributed by atoms with van der Waals surface area (Å²) >= 11 is 0. The van der Waals surface area contributed by atoms with E-state index in [9.17, 15) is 4.79 Å². The lowest BCUT2D eigenvalue weighted by Crippen LogP contribution is -2.38. The average Bonchev–Trinajstić information content (AvgIpc) is 3.35. The minimum Gasteiger partial charge on any atom is -0.337 e. The van der Waals surface area contributed by atoms with Crippen molar-refractivity contribution in [2.75, 3.05) is 13.1 Å². The minimum atomic E-state index is 0.135. The second-order valence-corrected chi connectivity index (χ2v) is 7.78. The molecule has 27 heavy (non-hydrogen) atoms. The smallest absolute Gasteiger partial charge is 0.274 e. The Bertz CT molecular complexity index is 760. The number of H-pyrrole nitrogens is 1. The van der Waals surface area contributed by atoms with Gasteiger partial charge in [-0.25, -0.2) is 0 Å². The van der Waals surface area contributed by atoms with Gasteiger partial charge in [0.1, 0.15) is 0 Å². The number of piperidine rings is 1. The zero-order chi connectivity index (χ0) is 18.6. The molecule has 2 aromatic heterocycles. The van der Waals surface area contributed by atoms with Crippen molar-refractivity contribution < 1.29 is 4.79 Å². The van der Waals surface area contributed by atoms with Crippen LogP contribution in [0.4, 0.5) is 0 Å². The molecule has 0 radical (unpaired) electrons.